The normalized spacial score (nSPS) is 22.9. The number of piperidine rings is 2. The maximum Gasteiger partial charge on any atom is 0.228 e. The number of rotatable bonds is 8. The fourth-order valence-electron chi connectivity index (χ4n) is 7.16. The largest absolute Gasteiger partial charge is 0.369 e. The number of nitriles is 1. The van der Waals surface area contributed by atoms with Gasteiger partial charge < -0.3 is 25.8 Å². The molecule has 0 bridgehead atoms. The van der Waals surface area contributed by atoms with E-state index in [0.717, 1.165) is 68.8 Å². The van der Waals surface area contributed by atoms with Crippen LogP contribution in [0, 0.1) is 22.7 Å². The van der Waals surface area contributed by atoms with Gasteiger partial charge in [-0.2, -0.15) is 5.26 Å². The summed E-state index contributed by atoms with van der Waals surface area (Å²) in [6.07, 6.45) is 11.1. The number of benzene rings is 1. The summed E-state index contributed by atoms with van der Waals surface area (Å²) in [7, 11) is 3.83. The third kappa shape index (κ3) is 6.07. The third-order valence-corrected chi connectivity index (χ3v) is 9.97. The van der Waals surface area contributed by atoms with Gasteiger partial charge in [0.05, 0.1) is 17.4 Å². The van der Waals surface area contributed by atoms with Gasteiger partial charge in [-0.1, -0.05) is 25.0 Å². The van der Waals surface area contributed by atoms with Gasteiger partial charge in [0, 0.05) is 44.8 Å². The molecule has 3 aliphatic rings. The van der Waals surface area contributed by atoms with Crippen LogP contribution in [0.1, 0.15) is 76.0 Å². The lowest BCUT2D eigenvalue weighted by atomic mass is 9.72. The standard InChI is InChI=1S/C32H45N9O/c1-22-23(19-28(34)39(2)3)7-6-16-41(22)29-21-36-27(20-33)30(38-29)37-25-12-10-24(11-13-25)32(31(35)42)14-17-40(18-15-32)26-8-4-5-9-26/h10-13,21-23,26,34H,4-9,14-19H2,1-3H3,(H2,35,42)(H,37,38)/t22-,23+/m1/s1. The van der Waals surface area contributed by atoms with E-state index >= 15 is 0 Å². The number of amidine groups is 1. The molecular formula is C32H45N9O. The highest BCUT2D eigenvalue weighted by Crippen LogP contribution is 2.38. The Bertz CT molecular complexity index is 1300. The highest BCUT2D eigenvalue weighted by atomic mass is 16.1. The summed E-state index contributed by atoms with van der Waals surface area (Å²) in [5.41, 5.74) is 7.33. The zero-order chi connectivity index (χ0) is 29.9. The van der Waals surface area contributed by atoms with Crippen LogP contribution in [0.25, 0.3) is 0 Å². The lowest BCUT2D eigenvalue weighted by Crippen LogP contribution is -2.52. The van der Waals surface area contributed by atoms with E-state index in [9.17, 15) is 10.1 Å². The first-order valence-corrected chi connectivity index (χ1v) is 15.4. The zero-order valence-electron chi connectivity index (χ0n) is 25.3. The summed E-state index contributed by atoms with van der Waals surface area (Å²) in [6, 6.07) is 10.8. The number of anilines is 3. The second-order valence-corrected chi connectivity index (χ2v) is 12.5. The van der Waals surface area contributed by atoms with E-state index in [-0.39, 0.29) is 17.6 Å². The van der Waals surface area contributed by atoms with Gasteiger partial charge in [-0.3, -0.25) is 10.2 Å². The quantitative estimate of drug-likeness (QED) is 0.313. The van der Waals surface area contributed by atoms with Gasteiger partial charge in [0.25, 0.3) is 0 Å². The van der Waals surface area contributed by atoms with Crippen LogP contribution in [0.5, 0.6) is 0 Å². The molecule has 1 aliphatic carbocycles. The molecular weight excluding hydrogens is 526 g/mol. The van der Waals surface area contributed by atoms with Gasteiger partial charge in [-0.25, -0.2) is 9.97 Å². The van der Waals surface area contributed by atoms with E-state index in [1.165, 1.54) is 25.7 Å². The van der Waals surface area contributed by atoms with Crippen molar-refractivity contribution in [2.45, 2.75) is 82.2 Å². The number of carbonyl (C=O) groups is 1. The number of nitrogens with two attached hydrogens (primary N) is 1. The minimum atomic E-state index is -0.658. The van der Waals surface area contributed by atoms with E-state index in [2.05, 4.69) is 33.1 Å². The van der Waals surface area contributed by atoms with Crippen molar-refractivity contribution in [1.82, 2.24) is 19.8 Å². The molecule has 1 amide bonds. The van der Waals surface area contributed by atoms with Gasteiger partial charge in [-0.05, 0) is 82.2 Å². The molecule has 2 aromatic rings. The smallest absolute Gasteiger partial charge is 0.228 e. The molecule has 3 fully saturated rings. The van der Waals surface area contributed by atoms with Crippen LogP contribution in [-0.2, 0) is 10.2 Å². The lowest BCUT2D eigenvalue weighted by molar-refractivity contribution is -0.125. The molecule has 0 radical (unpaired) electrons. The summed E-state index contributed by atoms with van der Waals surface area (Å²) in [6.45, 7) is 4.83. The molecule has 2 aliphatic heterocycles. The maximum atomic E-state index is 12.8. The first-order chi connectivity index (χ1) is 20.2. The Morgan fingerprint density at radius 3 is 2.45 bits per heavy atom. The minimum absolute atomic E-state index is 0.193. The summed E-state index contributed by atoms with van der Waals surface area (Å²) in [4.78, 5) is 28.8. The second kappa shape index (κ2) is 12.7. The first kappa shape index (κ1) is 29.8. The minimum Gasteiger partial charge on any atom is -0.369 e. The Labute approximate surface area is 249 Å². The van der Waals surface area contributed by atoms with Crippen LogP contribution in [0.2, 0.25) is 0 Å². The molecule has 0 unspecified atom stereocenters. The van der Waals surface area contributed by atoms with Gasteiger partial charge in [0.15, 0.2) is 11.5 Å². The van der Waals surface area contributed by atoms with Crippen LogP contribution >= 0.6 is 0 Å². The molecule has 224 valence electrons. The average molecular weight is 572 g/mol. The molecule has 1 aromatic carbocycles. The molecule has 0 spiro atoms. The topological polar surface area (TPSA) is 138 Å². The number of hydrogen-bond donors (Lipinski definition) is 3. The van der Waals surface area contributed by atoms with Crippen LogP contribution in [0.15, 0.2) is 30.5 Å². The van der Waals surface area contributed by atoms with E-state index in [4.69, 9.17) is 16.1 Å². The summed E-state index contributed by atoms with van der Waals surface area (Å²) in [5, 5.41) is 21.4. The molecule has 1 saturated carbocycles. The monoisotopic (exact) mass is 571 g/mol. The van der Waals surface area contributed by atoms with E-state index in [1.807, 2.05) is 43.3 Å². The number of primary amides is 1. The maximum absolute atomic E-state index is 12.8. The number of nitrogens with one attached hydrogen (secondary N) is 2. The highest BCUT2D eigenvalue weighted by molar-refractivity contribution is 5.87. The number of hydrogen-bond acceptors (Lipinski definition) is 8. The van der Waals surface area contributed by atoms with Crippen molar-refractivity contribution in [3.05, 3.63) is 41.7 Å². The van der Waals surface area contributed by atoms with Crippen LogP contribution in [0.4, 0.5) is 17.3 Å². The molecule has 2 saturated heterocycles. The third-order valence-electron chi connectivity index (χ3n) is 9.97. The highest BCUT2D eigenvalue weighted by Gasteiger charge is 2.43. The first-order valence-electron chi connectivity index (χ1n) is 15.4. The van der Waals surface area contributed by atoms with Crippen molar-refractivity contribution in [3.8, 4) is 6.07 Å². The van der Waals surface area contributed by atoms with Crippen molar-refractivity contribution in [2.24, 2.45) is 11.7 Å². The van der Waals surface area contributed by atoms with Gasteiger partial charge >= 0.3 is 0 Å². The van der Waals surface area contributed by atoms with E-state index in [1.54, 1.807) is 6.20 Å². The Balaban J connectivity index is 1.31. The van der Waals surface area contributed by atoms with Crippen molar-refractivity contribution in [1.29, 1.82) is 10.7 Å². The zero-order valence-corrected chi connectivity index (χ0v) is 25.3. The summed E-state index contributed by atoms with van der Waals surface area (Å²) < 4.78 is 0. The van der Waals surface area contributed by atoms with E-state index < -0.39 is 5.41 Å². The molecule has 3 heterocycles. The molecule has 10 heteroatoms. The Morgan fingerprint density at radius 1 is 1.14 bits per heavy atom. The second-order valence-electron chi connectivity index (χ2n) is 12.5. The molecule has 42 heavy (non-hydrogen) atoms. The molecule has 4 N–H and O–H groups in total. The average Bonchev–Trinajstić information content (AvgIpc) is 3.54. The fourth-order valence-corrected chi connectivity index (χ4v) is 7.16. The SMILES string of the molecule is C[C@@H]1[C@H](CC(=N)N(C)C)CCCN1c1cnc(C#N)c(Nc2ccc(C3(C(N)=O)CCN(C4CCCC4)CC3)cc2)n1. The summed E-state index contributed by atoms with van der Waals surface area (Å²) >= 11 is 0. The molecule has 10 nitrogen and oxygen atoms in total. The number of aromatic nitrogens is 2. The molecule has 2 atom stereocenters. The van der Waals surface area contributed by atoms with Gasteiger partial charge in [0.1, 0.15) is 11.9 Å². The van der Waals surface area contributed by atoms with Crippen LogP contribution in [0.3, 0.4) is 0 Å². The predicted octanol–water partition coefficient (Wildman–Crippen LogP) is 4.39. The van der Waals surface area contributed by atoms with Gasteiger partial charge in [-0.15, -0.1) is 0 Å². The molecule has 5 rings (SSSR count). The van der Waals surface area contributed by atoms with E-state index in [0.29, 0.717) is 23.6 Å². The lowest BCUT2D eigenvalue weighted by Gasteiger charge is -2.42. The predicted molar refractivity (Wildman–Crippen MR) is 166 cm³/mol. The van der Waals surface area contributed by atoms with Crippen molar-refractivity contribution < 1.29 is 4.79 Å². The van der Waals surface area contributed by atoms with Crippen molar-refractivity contribution in [3.63, 3.8) is 0 Å². The Morgan fingerprint density at radius 2 is 1.83 bits per heavy atom. The summed E-state index contributed by atoms with van der Waals surface area (Å²) in [5.74, 6) is 1.85. The van der Waals surface area contributed by atoms with Crippen LogP contribution < -0.4 is 16.0 Å². The van der Waals surface area contributed by atoms with Crippen molar-refractivity contribution >= 4 is 29.1 Å². The molecule has 1 aromatic heterocycles. The van der Waals surface area contributed by atoms with Gasteiger partial charge in [0.2, 0.25) is 5.91 Å². The number of amides is 1. The Kier molecular flexibility index (Phi) is 8.97. The van der Waals surface area contributed by atoms with Crippen LogP contribution in [-0.4, -0.2) is 77.3 Å². The number of likely N-dealkylation sites (tertiary alicyclic amines) is 1. The number of nitrogens with zero attached hydrogens (tertiary/aromatic N) is 6. The Hall–Kier alpha value is -3.71. The van der Waals surface area contributed by atoms with Crippen molar-refractivity contribution in [2.75, 3.05) is 43.9 Å². The fraction of sp³-hybridized carbons (Fsp3) is 0.594. The number of carbonyl (C=O) groups excluding carboxylic acids is 1.